The van der Waals surface area contributed by atoms with Gasteiger partial charge < -0.3 is 5.73 Å². The number of carbonyl (C=O) groups is 2. The molecule has 2 rings (SSSR count). The highest BCUT2D eigenvalue weighted by molar-refractivity contribution is 8.18. The van der Waals surface area contributed by atoms with Gasteiger partial charge >= 0.3 is 0 Å². The lowest BCUT2D eigenvalue weighted by Crippen LogP contribution is -2.33. The Balaban J connectivity index is 0.00000180. The first kappa shape index (κ1) is 15.7. The standard InChI is InChI=1S/C12H11FN2O2S.ClH/c13-9-3-1-8(2-4-9)7-10-11(16)15(6-5-14)12(17)18-10;/h1-4,7H,5-6,14H2;1H. The Kier molecular flexibility index (Phi) is 5.53. The molecule has 1 aromatic rings. The van der Waals surface area contributed by atoms with E-state index in [1.165, 1.54) is 12.1 Å². The molecule has 0 aromatic heterocycles. The lowest BCUT2D eigenvalue weighted by atomic mass is 10.2. The van der Waals surface area contributed by atoms with Crippen LogP contribution in [0.5, 0.6) is 0 Å². The van der Waals surface area contributed by atoms with E-state index in [-0.39, 0.29) is 42.5 Å². The maximum atomic E-state index is 12.7. The second-order valence-corrected chi connectivity index (χ2v) is 4.67. The lowest BCUT2D eigenvalue weighted by Gasteiger charge is -2.09. The average Bonchev–Trinajstić information content (AvgIpc) is 2.60. The first-order chi connectivity index (χ1) is 8.61. The van der Waals surface area contributed by atoms with Gasteiger partial charge in [-0.15, -0.1) is 12.4 Å². The molecule has 0 saturated carbocycles. The van der Waals surface area contributed by atoms with Gasteiger partial charge in [0.1, 0.15) is 5.82 Å². The van der Waals surface area contributed by atoms with Crippen LogP contribution < -0.4 is 5.73 Å². The Bertz CT molecular complexity index is 519. The Morgan fingerprint density at radius 3 is 2.47 bits per heavy atom. The maximum Gasteiger partial charge on any atom is 0.293 e. The van der Waals surface area contributed by atoms with Crippen LogP contribution in [0.15, 0.2) is 29.2 Å². The highest BCUT2D eigenvalue weighted by Gasteiger charge is 2.34. The lowest BCUT2D eigenvalue weighted by molar-refractivity contribution is -0.122. The van der Waals surface area contributed by atoms with Crippen LogP contribution in [0.2, 0.25) is 0 Å². The summed E-state index contributed by atoms with van der Waals surface area (Å²) >= 11 is 0.870. The van der Waals surface area contributed by atoms with Crippen LogP contribution in [0.4, 0.5) is 9.18 Å². The largest absolute Gasteiger partial charge is 0.329 e. The van der Waals surface area contributed by atoms with E-state index in [1.807, 2.05) is 0 Å². The van der Waals surface area contributed by atoms with Gasteiger partial charge in [-0.1, -0.05) is 12.1 Å². The van der Waals surface area contributed by atoms with Crippen molar-refractivity contribution in [1.29, 1.82) is 0 Å². The predicted molar refractivity (Wildman–Crippen MR) is 75.4 cm³/mol. The van der Waals surface area contributed by atoms with Crippen LogP contribution in [0.25, 0.3) is 6.08 Å². The maximum absolute atomic E-state index is 12.7. The zero-order valence-corrected chi connectivity index (χ0v) is 11.5. The van der Waals surface area contributed by atoms with E-state index in [2.05, 4.69) is 0 Å². The smallest absolute Gasteiger partial charge is 0.293 e. The van der Waals surface area contributed by atoms with Crippen LogP contribution in [0, 0.1) is 5.82 Å². The van der Waals surface area contributed by atoms with Gasteiger partial charge in [0.2, 0.25) is 0 Å². The van der Waals surface area contributed by atoms with E-state index in [0.29, 0.717) is 10.5 Å². The third-order valence-electron chi connectivity index (χ3n) is 2.39. The Morgan fingerprint density at radius 2 is 1.89 bits per heavy atom. The normalized spacial score (nSPS) is 16.9. The van der Waals surface area contributed by atoms with Gasteiger partial charge in [-0.3, -0.25) is 14.5 Å². The molecule has 1 heterocycles. The molecule has 1 saturated heterocycles. The molecule has 1 aromatic carbocycles. The number of hydrogen-bond donors (Lipinski definition) is 1. The number of rotatable bonds is 3. The van der Waals surface area contributed by atoms with Crippen molar-refractivity contribution in [2.45, 2.75) is 0 Å². The molecule has 4 nitrogen and oxygen atoms in total. The van der Waals surface area contributed by atoms with Crippen molar-refractivity contribution in [3.63, 3.8) is 0 Å². The van der Waals surface area contributed by atoms with Crippen molar-refractivity contribution in [3.8, 4) is 0 Å². The minimum Gasteiger partial charge on any atom is -0.329 e. The third-order valence-corrected chi connectivity index (χ3v) is 3.30. The first-order valence-electron chi connectivity index (χ1n) is 5.33. The summed E-state index contributed by atoms with van der Waals surface area (Å²) in [6.07, 6.45) is 1.57. The summed E-state index contributed by atoms with van der Waals surface area (Å²) in [7, 11) is 0. The van der Waals surface area contributed by atoms with E-state index < -0.39 is 0 Å². The molecule has 2 N–H and O–H groups in total. The van der Waals surface area contributed by atoms with Crippen molar-refractivity contribution in [1.82, 2.24) is 4.90 Å². The number of imide groups is 1. The summed E-state index contributed by atoms with van der Waals surface area (Å²) in [5, 5.41) is -0.321. The number of nitrogens with zero attached hydrogens (tertiary/aromatic N) is 1. The SMILES string of the molecule is Cl.NCCN1C(=O)SC(=Cc2ccc(F)cc2)C1=O. The predicted octanol–water partition coefficient (Wildman–Crippen LogP) is 2.24. The minimum absolute atomic E-state index is 0. The summed E-state index contributed by atoms with van der Waals surface area (Å²) in [6, 6.07) is 5.70. The topological polar surface area (TPSA) is 63.4 Å². The summed E-state index contributed by atoms with van der Waals surface area (Å²) in [5.74, 6) is -0.692. The van der Waals surface area contributed by atoms with E-state index >= 15 is 0 Å². The van der Waals surface area contributed by atoms with Crippen LogP contribution in [-0.4, -0.2) is 29.1 Å². The first-order valence-corrected chi connectivity index (χ1v) is 6.14. The summed E-state index contributed by atoms with van der Waals surface area (Å²) in [6.45, 7) is 0.452. The number of benzene rings is 1. The summed E-state index contributed by atoms with van der Waals surface area (Å²) in [5.41, 5.74) is 6.01. The van der Waals surface area contributed by atoms with Crippen LogP contribution in [0.1, 0.15) is 5.56 Å². The molecule has 1 aliphatic rings. The molecule has 1 fully saturated rings. The number of halogens is 2. The van der Waals surface area contributed by atoms with E-state index in [0.717, 1.165) is 16.7 Å². The fraction of sp³-hybridized carbons (Fsp3) is 0.167. The van der Waals surface area contributed by atoms with Crippen molar-refractivity contribution < 1.29 is 14.0 Å². The molecule has 2 amide bonds. The second-order valence-electron chi connectivity index (χ2n) is 3.67. The van der Waals surface area contributed by atoms with Gasteiger partial charge in [0.25, 0.3) is 11.1 Å². The molecule has 0 radical (unpaired) electrons. The molecular formula is C12H12ClFN2O2S. The number of carbonyl (C=O) groups excluding carboxylic acids is 2. The molecule has 0 unspecified atom stereocenters. The van der Waals surface area contributed by atoms with Crippen molar-refractivity contribution in [3.05, 3.63) is 40.6 Å². The Hall–Kier alpha value is -1.37. The quantitative estimate of drug-likeness (QED) is 0.870. The molecule has 0 aliphatic carbocycles. The zero-order chi connectivity index (χ0) is 13.1. The number of nitrogens with two attached hydrogens (primary N) is 1. The van der Waals surface area contributed by atoms with Gasteiger partial charge in [0, 0.05) is 13.1 Å². The molecule has 7 heteroatoms. The van der Waals surface area contributed by atoms with Crippen molar-refractivity contribution in [2.24, 2.45) is 5.73 Å². The van der Waals surface area contributed by atoms with E-state index in [9.17, 15) is 14.0 Å². The number of thioether (sulfide) groups is 1. The Labute approximate surface area is 120 Å². The van der Waals surface area contributed by atoms with Gasteiger partial charge in [0.05, 0.1) is 4.91 Å². The monoisotopic (exact) mass is 302 g/mol. The number of hydrogen-bond acceptors (Lipinski definition) is 4. The molecule has 0 spiro atoms. The summed E-state index contributed by atoms with van der Waals surface area (Å²) < 4.78 is 12.7. The second kappa shape index (κ2) is 6.70. The van der Waals surface area contributed by atoms with Gasteiger partial charge in [0.15, 0.2) is 0 Å². The van der Waals surface area contributed by atoms with Gasteiger partial charge in [-0.2, -0.15) is 0 Å². The molecular weight excluding hydrogens is 291 g/mol. The van der Waals surface area contributed by atoms with Gasteiger partial charge in [-0.05, 0) is 35.5 Å². The zero-order valence-electron chi connectivity index (χ0n) is 9.84. The number of amides is 2. The fourth-order valence-corrected chi connectivity index (χ4v) is 2.40. The van der Waals surface area contributed by atoms with Crippen LogP contribution in [0.3, 0.4) is 0 Å². The highest BCUT2D eigenvalue weighted by Crippen LogP contribution is 2.31. The van der Waals surface area contributed by atoms with Crippen LogP contribution >= 0.6 is 24.2 Å². The van der Waals surface area contributed by atoms with Crippen molar-refractivity contribution >= 4 is 41.4 Å². The van der Waals surface area contributed by atoms with Gasteiger partial charge in [-0.25, -0.2) is 4.39 Å². The van der Waals surface area contributed by atoms with Crippen molar-refractivity contribution in [2.75, 3.05) is 13.1 Å². The average molecular weight is 303 g/mol. The van der Waals surface area contributed by atoms with E-state index in [1.54, 1.807) is 18.2 Å². The minimum atomic E-state index is -0.347. The molecule has 102 valence electrons. The summed E-state index contributed by atoms with van der Waals surface area (Å²) in [4.78, 5) is 24.8. The third kappa shape index (κ3) is 3.56. The Morgan fingerprint density at radius 1 is 1.26 bits per heavy atom. The molecule has 19 heavy (non-hydrogen) atoms. The molecule has 0 atom stereocenters. The van der Waals surface area contributed by atoms with E-state index in [4.69, 9.17) is 5.73 Å². The molecule has 1 aliphatic heterocycles. The molecule has 0 bridgehead atoms. The van der Waals surface area contributed by atoms with Crippen LogP contribution in [-0.2, 0) is 4.79 Å². The fourth-order valence-electron chi connectivity index (χ4n) is 1.53. The highest BCUT2D eigenvalue weighted by atomic mass is 35.5.